The summed E-state index contributed by atoms with van der Waals surface area (Å²) >= 11 is 0. The minimum atomic E-state index is -1.13. The van der Waals surface area contributed by atoms with E-state index in [4.69, 9.17) is 14.6 Å². The molecule has 244 valence electrons. The number of carboxylic acid groups (broad SMARTS) is 1. The molecule has 0 aliphatic rings. The van der Waals surface area contributed by atoms with Crippen LogP contribution in [0.4, 0.5) is 9.59 Å². The van der Waals surface area contributed by atoms with Gasteiger partial charge in [0.2, 0.25) is 11.8 Å². The molecule has 0 bridgehead atoms. The molecule has 14 nitrogen and oxygen atoms in total. The van der Waals surface area contributed by atoms with E-state index in [0.29, 0.717) is 32.6 Å². The lowest BCUT2D eigenvalue weighted by atomic mass is 10.0. The Labute approximate surface area is 258 Å². The van der Waals surface area contributed by atoms with Gasteiger partial charge in [-0.05, 0) is 58.6 Å². The van der Waals surface area contributed by atoms with Crippen LogP contribution < -0.4 is 21.4 Å². The average Bonchev–Trinajstić information content (AvgIpc) is 2.98. The summed E-state index contributed by atoms with van der Waals surface area (Å²) in [4.78, 5) is 56.4. The number of nitrogens with one attached hydrogen (secondary N) is 4. The number of likely N-dealkylation sites (N-methyl/N-ethyl adjacent to an activating group) is 1. The fourth-order valence-electron chi connectivity index (χ4n) is 4.70. The topological polar surface area (TPSA) is 174 Å². The Bertz CT molecular complexity index is 1200. The number of nitrogens with zero attached hydrogens (tertiary/aromatic N) is 3. The van der Waals surface area contributed by atoms with Gasteiger partial charge in [0.25, 0.3) is 0 Å². The number of aromatic nitrogens is 1. The molecule has 0 saturated carbocycles. The third-order valence-corrected chi connectivity index (χ3v) is 6.73. The van der Waals surface area contributed by atoms with Crippen molar-refractivity contribution in [2.45, 2.75) is 71.9 Å². The number of unbranched alkanes of at least 4 members (excludes halogenated alkanes) is 1. The fraction of sp³-hybridized carbons (Fsp3) is 0.567. The quantitative estimate of drug-likeness (QED) is 0.0901. The predicted molar refractivity (Wildman–Crippen MR) is 165 cm³/mol. The number of ether oxygens (including phenoxy) is 2. The highest BCUT2D eigenvalue weighted by Gasteiger charge is 2.34. The molecule has 0 unspecified atom stereocenters. The molecule has 2 aromatic rings. The Morgan fingerprint density at radius 2 is 1.70 bits per heavy atom. The summed E-state index contributed by atoms with van der Waals surface area (Å²) in [6.45, 7) is 8.65. The van der Waals surface area contributed by atoms with Crippen LogP contribution in [0.2, 0.25) is 0 Å². The summed E-state index contributed by atoms with van der Waals surface area (Å²) in [5.74, 6) is -0.828. The molecule has 0 aliphatic heterocycles. The normalized spacial score (nSPS) is 12.5. The van der Waals surface area contributed by atoms with Crippen molar-refractivity contribution in [1.29, 1.82) is 0 Å². The number of carbonyl (C=O) groups is 4. The number of carbonyl (C=O) groups excluding carboxylic acids is 3. The smallest absolute Gasteiger partial charge is 0.404 e. The molecule has 1 aromatic carbocycles. The van der Waals surface area contributed by atoms with Gasteiger partial charge in [-0.2, -0.15) is 0 Å². The zero-order chi connectivity index (χ0) is 32.5. The maximum absolute atomic E-state index is 14.4. The van der Waals surface area contributed by atoms with Crippen LogP contribution in [0.1, 0.15) is 52.5 Å². The Hall–Kier alpha value is -4.01. The van der Waals surface area contributed by atoms with Crippen LogP contribution >= 0.6 is 0 Å². The predicted octanol–water partition coefficient (Wildman–Crippen LogP) is 2.44. The molecule has 5 N–H and O–H groups in total. The number of rotatable bonds is 19. The van der Waals surface area contributed by atoms with E-state index in [9.17, 15) is 19.2 Å². The first kappa shape index (κ1) is 36.2. The van der Waals surface area contributed by atoms with Crippen LogP contribution in [-0.4, -0.2) is 102 Å². The number of hydrogen-bond acceptors (Lipinski definition) is 8. The molecule has 5 amide bonds. The van der Waals surface area contributed by atoms with Crippen LogP contribution in [0.25, 0.3) is 10.9 Å². The van der Waals surface area contributed by atoms with E-state index < -0.39 is 36.4 Å². The highest BCUT2D eigenvalue weighted by atomic mass is 16.7. The monoisotopic (exact) mass is 617 g/mol. The van der Waals surface area contributed by atoms with Crippen LogP contribution in [0, 0.1) is 0 Å². The molecule has 1 aromatic heterocycles. The molecule has 2 rings (SSSR count). The molecule has 1 heterocycles. The van der Waals surface area contributed by atoms with Crippen molar-refractivity contribution in [2.75, 3.05) is 39.9 Å². The number of hydrogen-bond donors (Lipinski definition) is 5. The van der Waals surface area contributed by atoms with Crippen molar-refractivity contribution < 1.29 is 33.8 Å². The molecular formula is C30H47N7O7. The third kappa shape index (κ3) is 11.9. The van der Waals surface area contributed by atoms with E-state index in [1.165, 1.54) is 5.01 Å². The van der Waals surface area contributed by atoms with Gasteiger partial charge in [0.15, 0.2) is 6.29 Å². The van der Waals surface area contributed by atoms with Gasteiger partial charge < -0.3 is 35.4 Å². The van der Waals surface area contributed by atoms with E-state index >= 15 is 0 Å². The van der Waals surface area contributed by atoms with Gasteiger partial charge in [-0.25, -0.2) is 14.6 Å². The zero-order valence-electron chi connectivity index (χ0n) is 26.3. The maximum atomic E-state index is 14.4. The Morgan fingerprint density at radius 3 is 2.36 bits per heavy atom. The number of hydrazine groups is 1. The summed E-state index contributed by atoms with van der Waals surface area (Å²) in [5.41, 5.74) is 4.11. The summed E-state index contributed by atoms with van der Waals surface area (Å²) in [7, 11) is 1.54. The Balaban J connectivity index is 2.38. The second-order valence-corrected chi connectivity index (χ2v) is 10.2. The molecule has 0 spiro atoms. The fourth-order valence-corrected chi connectivity index (χ4v) is 4.70. The number of fused-ring (bicyclic) bond motifs is 1. The lowest BCUT2D eigenvalue weighted by molar-refractivity contribution is -0.179. The van der Waals surface area contributed by atoms with Crippen LogP contribution in [0.15, 0.2) is 36.5 Å². The lowest BCUT2D eigenvalue weighted by Gasteiger charge is -2.37. The van der Waals surface area contributed by atoms with Gasteiger partial charge in [0.05, 0.1) is 18.1 Å². The van der Waals surface area contributed by atoms with Crippen molar-refractivity contribution in [2.24, 2.45) is 0 Å². The lowest BCUT2D eigenvalue weighted by Crippen LogP contribution is -2.56. The second-order valence-electron chi connectivity index (χ2n) is 10.2. The van der Waals surface area contributed by atoms with Gasteiger partial charge in [-0.3, -0.25) is 20.0 Å². The van der Waals surface area contributed by atoms with Crippen LogP contribution in [0.5, 0.6) is 0 Å². The van der Waals surface area contributed by atoms with Crippen molar-refractivity contribution in [3.8, 4) is 0 Å². The molecule has 0 saturated heterocycles. The summed E-state index contributed by atoms with van der Waals surface area (Å²) in [5, 5.41) is 18.9. The molecule has 0 radical (unpaired) electrons. The van der Waals surface area contributed by atoms with E-state index in [-0.39, 0.29) is 32.0 Å². The SMILES string of the molecule is CCNC(=O)NN(C)CC(=O)N[C@@H](CCCCNC(=O)O)C(=O)N(Cc1cccc2cccnc12)[C@@H](C)C(OCC)OCC. The number of pyridine rings is 1. The zero-order valence-corrected chi connectivity index (χ0v) is 26.3. The first-order valence-corrected chi connectivity index (χ1v) is 15.0. The number of amides is 5. The molecular weight excluding hydrogens is 570 g/mol. The summed E-state index contributed by atoms with van der Waals surface area (Å²) < 4.78 is 11.7. The highest BCUT2D eigenvalue weighted by molar-refractivity contribution is 5.89. The highest BCUT2D eigenvalue weighted by Crippen LogP contribution is 2.22. The molecule has 14 heteroatoms. The molecule has 0 aliphatic carbocycles. The van der Waals surface area contributed by atoms with Crippen molar-refractivity contribution in [1.82, 2.24) is 36.3 Å². The van der Waals surface area contributed by atoms with Crippen LogP contribution in [-0.2, 0) is 25.6 Å². The van der Waals surface area contributed by atoms with Gasteiger partial charge in [-0.1, -0.05) is 24.3 Å². The van der Waals surface area contributed by atoms with E-state index in [1.54, 1.807) is 25.1 Å². The third-order valence-electron chi connectivity index (χ3n) is 6.73. The number of para-hydroxylation sites is 1. The number of urea groups is 1. The first-order chi connectivity index (χ1) is 21.1. The van der Waals surface area contributed by atoms with Gasteiger partial charge in [0.1, 0.15) is 6.04 Å². The maximum Gasteiger partial charge on any atom is 0.404 e. The van der Waals surface area contributed by atoms with E-state index in [1.807, 2.05) is 51.1 Å². The summed E-state index contributed by atoms with van der Waals surface area (Å²) in [6, 6.07) is 7.61. The minimum Gasteiger partial charge on any atom is -0.465 e. The standard InChI is InChI=1S/C30H47N7O7/c1-6-31-29(40)35-36(5)20-25(38)34-24(16-9-10-17-33-30(41)42)27(39)37(21(4)28(43-7-2)44-8-3)19-23-14-11-13-22-15-12-18-32-26(22)23/h11-15,18,21,24,28,33H,6-10,16-17,19-20H2,1-5H3,(H,34,38)(H,41,42)(H2,31,35,40)/t21-,24-/m0/s1. The van der Waals surface area contributed by atoms with Gasteiger partial charge in [0, 0.05) is 51.5 Å². The Morgan fingerprint density at radius 1 is 1.00 bits per heavy atom. The molecule has 44 heavy (non-hydrogen) atoms. The van der Waals surface area contributed by atoms with E-state index in [2.05, 4.69) is 26.4 Å². The minimum absolute atomic E-state index is 0.177. The van der Waals surface area contributed by atoms with Gasteiger partial charge >= 0.3 is 12.1 Å². The van der Waals surface area contributed by atoms with Crippen molar-refractivity contribution in [3.05, 3.63) is 42.1 Å². The summed E-state index contributed by atoms with van der Waals surface area (Å²) in [6.07, 6.45) is 1.03. The van der Waals surface area contributed by atoms with Crippen molar-refractivity contribution >= 4 is 34.8 Å². The Kier molecular flexibility index (Phi) is 15.9. The number of benzene rings is 1. The average molecular weight is 618 g/mol. The van der Waals surface area contributed by atoms with Gasteiger partial charge in [-0.15, -0.1) is 0 Å². The molecule has 2 atom stereocenters. The molecule has 0 fully saturated rings. The first-order valence-electron chi connectivity index (χ1n) is 15.0. The van der Waals surface area contributed by atoms with E-state index in [0.717, 1.165) is 16.5 Å². The van der Waals surface area contributed by atoms with Crippen molar-refractivity contribution in [3.63, 3.8) is 0 Å². The largest absolute Gasteiger partial charge is 0.465 e. The van der Waals surface area contributed by atoms with Crippen LogP contribution in [0.3, 0.4) is 0 Å². The second kappa shape index (κ2) is 19.3.